The number of nitriles is 1. The van der Waals surface area contributed by atoms with Gasteiger partial charge in [0.2, 0.25) is 0 Å². The maximum atomic E-state index is 8.93. The second kappa shape index (κ2) is 3.55. The standard InChI is InChI=1S/C12H11NO/c1-14-12-7-10-5-3-2-4-9(10)6-11(12)8-13/h2-5H,6-7H2,1H3. The van der Waals surface area contributed by atoms with E-state index in [0.717, 1.165) is 17.8 Å². The van der Waals surface area contributed by atoms with Gasteiger partial charge in [-0.25, -0.2) is 0 Å². The summed E-state index contributed by atoms with van der Waals surface area (Å²) in [5.41, 5.74) is 3.26. The van der Waals surface area contributed by atoms with Gasteiger partial charge in [0, 0.05) is 12.8 Å². The minimum Gasteiger partial charge on any atom is -0.500 e. The minimum atomic E-state index is 0.704. The molecule has 2 heteroatoms. The Hall–Kier alpha value is -1.75. The highest BCUT2D eigenvalue weighted by Crippen LogP contribution is 2.25. The number of nitrogens with zero attached hydrogens (tertiary/aromatic N) is 1. The third-order valence-corrected chi connectivity index (χ3v) is 2.55. The monoisotopic (exact) mass is 185 g/mol. The highest BCUT2D eigenvalue weighted by atomic mass is 16.5. The molecule has 0 atom stereocenters. The van der Waals surface area contributed by atoms with Crippen LogP contribution in [0.15, 0.2) is 35.6 Å². The lowest BCUT2D eigenvalue weighted by atomic mass is 9.91. The van der Waals surface area contributed by atoms with E-state index >= 15 is 0 Å². The normalized spacial score (nSPS) is 14.6. The van der Waals surface area contributed by atoms with Crippen LogP contribution in [-0.4, -0.2) is 7.11 Å². The molecule has 70 valence electrons. The van der Waals surface area contributed by atoms with Crippen LogP contribution < -0.4 is 0 Å². The van der Waals surface area contributed by atoms with E-state index in [1.54, 1.807) is 7.11 Å². The van der Waals surface area contributed by atoms with Gasteiger partial charge < -0.3 is 4.74 Å². The van der Waals surface area contributed by atoms with Crippen LogP contribution in [-0.2, 0) is 17.6 Å². The van der Waals surface area contributed by atoms with E-state index < -0.39 is 0 Å². The number of hydrogen-bond acceptors (Lipinski definition) is 2. The summed E-state index contributed by atoms with van der Waals surface area (Å²) in [5, 5.41) is 8.93. The molecular weight excluding hydrogens is 174 g/mol. The summed E-state index contributed by atoms with van der Waals surface area (Å²) in [6.45, 7) is 0. The molecule has 0 amide bonds. The molecule has 0 fully saturated rings. The van der Waals surface area contributed by atoms with E-state index in [4.69, 9.17) is 10.00 Å². The number of hydrogen-bond donors (Lipinski definition) is 0. The second-order valence-corrected chi connectivity index (χ2v) is 3.34. The van der Waals surface area contributed by atoms with E-state index in [1.807, 2.05) is 12.1 Å². The first kappa shape index (κ1) is 8.83. The fraction of sp³-hybridized carbons (Fsp3) is 0.250. The molecule has 2 rings (SSSR count). The predicted molar refractivity (Wildman–Crippen MR) is 53.5 cm³/mol. The Morgan fingerprint density at radius 3 is 2.43 bits per heavy atom. The third-order valence-electron chi connectivity index (χ3n) is 2.55. The fourth-order valence-corrected chi connectivity index (χ4v) is 1.77. The van der Waals surface area contributed by atoms with Crippen molar-refractivity contribution in [3.8, 4) is 6.07 Å². The number of allylic oxidation sites excluding steroid dienone is 2. The number of rotatable bonds is 1. The maximum absolute atomic E-state index is 8.93. The summed E-state index contributed by atoms with van der Waals surface area (Å²) in [6, 6.07) is 10.4. The molecule has 1 aliphatic rings. The van der Waals surface area contributed by atoms with Crippen LogP contribution in [0.2, 0.25) is 0 Å². The van der Waals surface area contributed by atoms with E-state index in [9.17, 15) is 0 Å². The Morgan fingerprint density at radius 1 is 1.21 bits per heavy atom. The largest absolute Gasteiger partial charge is 0.500 e. The zero-order valence-corrected chi connectivity index (χ0v) is 8.08. The quantitative estimate of drug-likeness (QED) is 0.672. The van der Waals surface area contributed by atoms with Crippen molar-refractivity contribution in [1.29, 1.82) is 5.26 Å². The van der Waals surface area contributed by atoms with Gasteiger partial charge >= 0.3 is 0 Å². The van der Waals surface area contributed by atoms with Gasteiger partial charge in [0.25, 0.3) is 0 Å². The van der Waals surface area contributed by atoms with Crippen molar-refractivity contribution in [2.45, 2.75) is 12.8 Å². The molecule has 0 saturated heterocycles. The van der Waals surface area contributed by atoms with Crippen molar-refractivity contribution < 1.29 is 4.74 Å². The zero-order valence-electron chi connectivity index (χ0n) is 8.08. The summed E-state index contributed by atoms with van der Waals surface area (Å²) in [7, 11) is 1.63. The van der Waals surface area contributed by atoms with Crippen molar-refractivity contribution in [1.82, 2.24) is 0 Å². The Morgan fingerprint density at radius 2 is 1.86 bits per heavy atom. The van der Waals surface area contributed by atoms with Gasteiger partial charge in [-0.3, -0.25) is 0 Å². The van der Waals surface area contributed by atoms with E-state index in [1.165, 1.54) is 11.1 Å². The van der Waals surface area contributed by atoms with Gasteiger partial charge in [-0.05, 0) is 11.1 Å². The van der Waals surface area contributed by atoms with Crippen molar-refractivity contribution in [2.75, 3.05) is 7.11 Å². The third kappa shape index (κ3) is 1.38. The van der Waals surface area contributed by atoms with E-state index in [0.29, 0.717) is 6.42 Å². The molecule has 0 heterocycles. The van der Waals surface area contributed by atoms with Crippen molar-refractivity contribution in [3.63, 3.8) is 0 Å². The summed E-state index contributed by atoms with van der Waals surface area (Å²) >= 11 is 0. The van der Waals surface area contributed by atoms with Crippen molar-refractivity contribution >= 4 is 0 Å². The molecule has 0 radical (unpaired) electrons. The maximum Gasteiger partial charge on any atom is 0.114 e. The first-order valence-corrected chi connectivity index (χ1v) is 4.58. The number of fused-ring (bicyclic) bond motifs is 1. The van der Waals surface area contributed by atoms with E-state index in [2.05, 4.69) is 18.2 Å². The molecule has 1 aromatic rings. The zero-order chi connectivity index (χ0) is 9.97. The lowest BCUT2D eigenvalue weighted by Crippen LogP contribution is -2.09. The van der Waals surface area contributed by atoms with Gasteiger partial charge in [0.15, 0.2) is 0 Å². The van der Waals surface area contributed by atoms with Gasteiger partial charge in [0.05, 0.1) is 18.8 Å². The average Bonchev–Trinajstić information content (AvgIpc) is 2.27. The Balaban J connectivity index is 2.41. The lowest BCUT2D eigenvalue weighted by molar-refractivity contribution is 0.277. The summed E-state index contributed by atoms with van der Waals surface area (Å²) < 4.78 is 5.21. The highest BCUT2D eigenvalue weighted by molar-refractivity contribution is 5.43. The molecule has 0 aromatic heterocycles. The van der Waals surface area contributed by atoms with Crippen LogP contribution in [0.3, 0.4) is 0 Å². The molecule has 14 heavy (non-hydrogen) atoms. The summed E-state index contributed by atoms with van der Waals surface area (Å²) in [5.74, 6) is 0.811. The Labute approximate surface area is 83.4 Å². The predicted octanol–water partition coefficient (Wildman–Crippen LogP) is 2.21. The second-order valence-electron chi connectivity index (χ2n) is 3.34. The average molecular weight is 185 g/mol. The van der Waals surface area contributed by atoms with Crippen LogP contribution in [0.1, 0.15) is 11.1 Å². The van der Waals surface area contributed by atoms with Crippen molar-refractivity contribution in [3.05, 3.63) is 46.7 Å². The van der Waals surface area contributed by atoms with Crippen LogP contribution in [0, 0.1) is 11.3 Å². The van der Waals surface area contributed by atoms with Gasteiger partial charge in [-0.15, -0.1) is 0 Å². The summed E-state index contributed by atoms with van der Waals surface area (Å²) in [6.07, 6.45) is 1.45. The highest BCUT2D eigenvalue weighted by Gasteiger charge is 2.17. The molecule has 0 spiro atoms. The lowest BCUT2D eigenvalue weighted by Gasteiger charge is -2.18. The molecule has 1 aliphatic carbocycles. The van der Waals surface area contributed by atoms with Crippen LogP contribution in [0.5, 0.6) is 0 Å². The molecular formula is C12H11NO. The van der Waals surface area contributed by atoms with Crippen LogP contribution in [0.4, 0.5) is 0 Å². The molecule has 0 aliphatic heterocycles. The van der Waals surface area contributed by atoms with E-state index in [-0.39, 0.29) is 0 Å². The van der Waals surface area contributed by atoms with Crippen LogP contribution in [0.25, 0.3) is 0 Å². The first-order valence-electron chi connectivity index (χ1n) is 4.58. The Bertz CT molecular complexity index is 426. The minimum absolute atomic E-state index is 0.704. The molecule has 1 aromatic carbocycles. The SMILES string of the molecule is COC1=C(C#N)Cc2ccccc2C1. The van der Waals surface area contributed by atoms with Crippen molar-refractivity contribution in [2.24, 2.45) is 0 Å². The number of benzene rings is 1. The van der Waals surface area contributed by atoms with Gasteiger partial charge in [-0.2, -0.15) is 5.26 Å². The summed E-state index contributed by atoms with van der Waals surface area (Å²) in [4.78, 5) is 0. The smallest absolute Gasteiger partial charge is 0.114 e. The Kier molecular flexibility index (Phi) is 2.24. The van der Waals surface area contributed by atoms with Crippen LogP contribution >= 0.6 is 0 Å². The molecule has 0 saturated carbocycles. The topological polar surface area (TPSA) is 33.0 Å². The molecule has 0 N–H and O–H groups in total. The number of methoxy groups -OCH3 is 1. The number of ether oxygens (including phenoxy) is 1. The molecule has 0 bridgehead atoms. The fourth-order valence-electron chi connectivity index (χ4n) is 1.77. The van der Waals surface area contributed by atoms with Gasteiger partial charge in [-0.1, -0.05) is 24.3 Å². The first-order chi connectivity index (χ1) is 6.85. The molecule has 2 nitrogen and oxygen atoms in total. The molecule has 0 unspecified atom stereocenters. The van der Waals surface area contributed by atoms with Gasteiger partial charge in [0.1, 0.15) is 5.76 Å².